The minimum atomic E-state index is -0.533. The Kier molecular flexibility index (Phi) is 3.51. The predicted octanol–water partition coefficient (Wildman–Crippen LogP) is 0.998. The number of nitrogen functional groups attached to an aromatic ring is 1. The SMILES string of the molecule is CN(Cc1cccnc1)c1nc(N)ncc1[N+](=O)[O-]. The van der Waals surface area contributed by atoms with Crippen molar-refractivity contribution in [2.24, 2.45) is 0 Å². The van der Waals surface area contributed by atoms with Gasteiger partial charge in [0.05, 0.1) is 4.92 Å². The van der Waals surface area contributed by atoms with E-state index in [1.165, 1.54) is 0 Å². The largest absolute Gasteiger partial charge is 0.368 e. The summed E-state index contributed by atoms with van der Waals surface area (Å²) in [6.45, 7) is 0.436. The van der Waals surface area contributed by atoms with E-state index >= 15 is 0 Å². The van der Waals surface area contributed by atoms with Crippen LogP contribution in [-0.2, 0) is 6.54 Å². The van der Waals surface area contributed by atoms with Gasteiger partial charge in [0.1, 0.15) is 6.20 Å². The third-order valence-electron chi connectivity index (χ3n) is 2.47. The molecule has 0 amide bonds. The molecule has 98 valence electrons. The molecular weight excluding hydrogens is 248 g/mol. The number of aromatic nitrogens is 3. The molecule has 0 atom stereocenters. The van der Waals surface area contributed by atoms with Crippen LogP contribution in [0, 0.1) is 10.1 Å². The maximum absolute atomic E-state index is 10.9. The van der Waals surface area contributed by atoms with Crippen LogP contribution in [0.3, 0.4) is 0 Å². The van der Waals surface area contributed by atoms with Crippen LogP contribution in [0.5, 0.6) is 0 Å². The molecule has 2 rings (SSSR count). The molecular formula is C11H12N6O2. The number of nitrogens with zero attached hydrogens (tertiary/aromatic N) is 5. The van der Waals surface area contributed by atoms with Gasteiger partial charge in [0.25, 0.3) is 0 Å². The molecule has 0 bridgehead atoms. The molecule has 2 aromatic heterocycles. The smallest absolute Gasteiger partial charge is 0.329 e. The number of nitrogens with two attached hydrogens (primary N) is 1. The van der Waals surface area contributed by atoms with Crippen LogP contribution in [0.25, 0.3) is 0 Å². The van der Waals surface area contributed by atoms with Gasteiger partial charge in [0, 0.05) is 26.0 Å². The third-order valence-corrected chi connectivity index (χ3v) is 2.47. The van der Waals surface area contributed by atoms with Crippen molar-refractivity contribution in [3.05, 3.63) is 46.4 Å². The summed E-state index contributed by atoms with van der Waals surface area (Å²) in [5, 5.41) is 10.9. The van der Waals surface area contributed by atoms with E-state index < -0.39 is 4.92 Å². The van der Waals surface area contributed by atoms with Crippen LogP contribution >= 0.6 is 0 Å². The third kappa shape index (κ3) is 2.92. The summed E-state index contributed by atoms with van der Waals surface area (Å²) >= 11 is 0. The lowest BCUT2D eigenvalue weighted by Gasteiger charge is -2.17. The molecule has 2 aromatic rings. The fourth-order valence-corrected chi connectivity index (χ4v) is 1.63. The summed E-state index contributed by atoms with van der Waals surface area (Å²) in [5.41, 5.74) is 6.21. The molecule has 0 aromatic carbocycles. The highest BCUT2D eigenvalue weighted by Gasteiger charge is 2.20. The van der Waals surface area contributed by atoms with E-state index in [9.17, 15) is 10.1 Å². The number of hydrogen-bond acceptors (Lipinski definition) is 7. The topological polar surface area (TPSA) is 111 Å². The highest BCUT2D eigenvalue weighted by Crippen LogP contribution is 2.25. The van der Waals surface area contributed by atoms with Crippen molar-refractivity contribution in [1.29, 1.82) is 0 Å². The number of hydrogen-bond donors (Lipinski definition) is 1. The average Bonchev–Trinajstić information content (AvgIpc) is 2.39. The molecule has 0 aliphatic rings. The van der Waals surface area contributed by atoms with Gasteiger partial charge in [-0.2, -0.15) is 4.98 Å². The second kappa shape index (κ2) is 5.25. The van der Waals surface area contributed by atoms with Crippen molar-refractivity contribution < 1.29 is 4.92 Å². The quantitative estimate of drug-likeness (QED) is 0.644. The average molecular weight is 260 g/mol. The first-order chi connectivity index (χ1) is 9.08. The predicted molar refractivity (Wildman–Crippen MR) is 69.4 cm³/mol. The summed E-state index contributed by atoms with van der Waals surface area (Å²) in [7, 11) is 1.70. The standard InChI is InChI=1S/C11H12N6O2/c1-16(7-8-3-2-4-13-5-8)10-9(17(18)19)6-14-11(12)15-10/h2-6H,7H2,1H3,(H2,12,14,15). The molecule has 8 nitrogen and oxygen atoms in total. The Hall–Kier alpha value is -2.77. The Morgan fingerprint density at radius 2 is 2.26 bits per heavy atom. The molecule has 19 heavy (non-hydrogen) atoms. The maximum atomic E-state index is 10.9. The molecule has 2 heterocycles. The van der Waals surface area contributed by atoms with Crippen molar-refractivity contribution in [3.63, 3.8) is 0 Å². The zero-order valence-corrected chi connectivity index (χ0v) is 10.2. The summed E-state index contributed by atoms with van der Waals surface area (Å²) in [4.78, 5) is 23.6. The fraction of sp³-hybridized carbons (Fsp3) is 0.182. The van der Waals surface area contributed by atoms with Crippen LogP contribution in [0.1, 0.15) is 5.56 Å². The monoisotopic (exact) mass is 260 g/mol. The van der Waals surface area contributed by atoms with Gasteiger partial charge in [-0.15, -0.1) is 0 Å². The molecule has 0 aliphatic carbocycles. The van der Waals surface area contributed by atoms with E-state index in [4.69, 9.17) is 5.73 Å². The van der Waals surface area contributed by atoms with Crippen molar-refractivity contribution >= 4 is 17.5 Å². The van der Waals surface area contributed by atoms with Gasteiger partial charge in [-0.3, -0.25) is 15.1 Å². The molecule has 0 radical (unpaired) electrons. The minimum absolute atomic E-state index is 0.00126. The number of pyridine rings is 1. The van der Waals surface area contributed by atoms with Crippen LogP contribution < -0.4 is 10.6 Å². The van der Waals surface area contributed by atoms with Crippen LogP contribution in [0.2, 0.25) is 0 Å². The Balaban J connectivity index is 2.30. The van der Waals surface area contributed by atoms with Crippen molar-refractivity contribution in [1.82, 2.24) is 15.0 Å². The lowest BCUT2D eigenvalue weighted by atomic mass is 10.2. The zero-order chi connectivity index (χ0) is 13.8. The highest BCUT2D eigenvalue weighted by atomic mass is 16.6. The van der Waals surface area contributed by atoms with E-state index in [2.05, 4.69) is 15.0 Å². The van der Waals surface area contributed by atoms with Crippen molar-refractivity contribution in [2.45, 2.75) is 6.54 Å². The fourth-order valence-electron chi connectivity index (χ4n) is 1.63. The molecule has 0 aliphatic heterocycles. The number of anilines is 2. The number of rotatable bonds is 4. The molecule has 0 fully saturated rings. The van der Waals surface area contributed by atoms with Crippen LogP contribution in [-0.4, -0.2) is 26.9 Å². The van der Waals surface area contributed by atoms with Gasteiger partial charge in [-0.1, -0.05) is 6.07 Å². The molecule has 8 heteroatoms. The Morgan fingerprint density at radius 1 is 1.47 bits per heavy atom. The van der Waals surface area contributed by atoms with Crippen LogP contribution in [0.15, 0.2) is 30.7 Å². The lowest BCUT2D eigenvalue weighted by Crippen LogP contribution is -2.20. The van der Waals surface area contributed by atoms with Gasteiger partial charge in [0.2, 0.25) is 11.8 Å². The first-order valence-electron chi connectivity index (χ1n) is 5.45. The summed E-state index contributed by atoms with van der Waals surface area (Å²) in [5.74, 6) is 0.181. The minimum Gasteiger partial charge on any atom is -0.368 e. The van der Waals surface area contributed by atoms with Gasteiger partial charge in [-0.25, -0.2) is 4.98 Å². The van der Waals surface area contributed by atoms with Gasteiger partial charge in [-0.05, 0) is 11.6 Å². The van der Waals surface area contributed by atoms with E-state index in [1.807, 2.05) is 6.07 Å². The van der Waals surface area contributed by atoms with E-state index in [0.29, 0.717) is 6.54 Å². The van der Waals surface area contributed by atoms with Gasteiger partial charge in [0.15, 0.2) is 0 Å². The van der Waals surface area contributed by atoms with Crippen LogP contribution in [0.4, 0.5) is 17.5 Å². The van der Waals surface area contributed by atoms with Crippen molar-refractivity contribution in [2.75, 3.05) is 17.7 Å². The normalized spacial score (nSPS) is 10.2. The maximum Gasteiger partial charge on any atom is 0.329 e. The van der Waals surface area contributed by atoms with E-state index in [-0.39, 0.29) is 17.5 Å². The Bertz CT molecular complexity index is 589. The molecule has 0 saturated heterocycles. The molecule has 0 saturated carbocycles. The van der Waals surface area contributed by atoms with Crippen molar-refractivity contribution in [3.8, 4) is 0 Å². The lowest BCUT2D eigenvalue weighted by molar-refractivity contribution is -0.384. The Labute approximate surface area is 109 Å². The zero-order valence-electron chi connectivity index (χ0n) is 10.2. The van der Waals surface area contributed by atoms with E-state index in [0.717, 1.165) is 11.8 Å². The molecule has 2 N–H and O–H groups in total. The van der Waals surface area contributed by atoms with Gasteiger partial charge >= 0.3 is 5.69 Å². The summed E-state index contributed by atoms with van der Waals surface area (Å²) in [6, 6.07) is 3.67. The first-order valence-corrected chi connectivity index (χ1v) is 5.45. The van der Waals surface area contributed by atoms with Gasteiger partial charge < -0.3 is 10.6 Å². The highest BCUT2D eigenvalue weighted by molar-refractivity contribution is 5.58. The second-order valence-corrected chi connectivity index (χ2v) is 3.91. The summed E-state index contributed by atoms with van der Waals surface area (Å²) in [6.07, 6.45) is 4.46. The van der Waals surface area contributed by atoms with E-state index in [1.54, 1.807) is 30.4 Å². The molecule has 0 spiro atoms. The second-order valence-electron chi connectivity index (χ2n) is 3.91. The molecule has 0 unspecified atom stereocenters. The first kappa shape index (κ1) is 12.7. The Morgan fingerprint density at radius 3 is 2.89 bits per heavy atom. The number of nitro groups is 1. The summed E-state index contributed by atoms with van der Waals surface area (Å²) < 4.78 is 0.